The zero-order valence-electron chi connectivity index (χ0n) is 18.8. The average molecular weight is 385 g/mol. The Bertz CT molecular complexity index is 562. The van der Waals surface area contributed by atoms with Crippen molar-refractivity contribution in [3.05, 3.63) is 29.3 Å². The van der Waals surface area contributed by atoms with Gasteiger partial charge in [0, 0.05) is 0 Å². The standard InChI is InChI=1S/C27H44O/c1-4-6-7-8-22-11-15-23(16-12-22)26-18-17-25(28-19-5-2)20-27(26)24-13-9-21(3)10-14-24/h17-18,20-24H,4-16,19H2,1-3H3. The maximum absolute atomic E-state index is 6.02. The van der Waals surface area contributed by atoms with Gasteiger partial charge < -0.3 is 4.74 Å². The lowest BCUT2D eigenvalue weighted by Crippen LogP contribution is -2.17. The monoisotopic (exact) mass is 384 g/mol. The largest absolute Gasteiger partial charge is 0.494 e. The first-order chi connectivity index (χ1) is 13.7. The summed E-state index contributed by atoms with van der Waals surface area (Å²) >= 11 is 0. The fraction of sp³-hybridized carbons (Fsp3) is 0.778. The van der Waals surface area contributed by atoms with Gasteiger partial charge in [-0.2, -0.15) is 0 Å². The van der Waals surface area contributed by atoms with Crippen LogP contribution in [0.1, 0.15) is 127 Å². The first-order valence-electron chi connectivity index (χ1n) is 12.5. The van der Waals surface area contributed by atoms with Gasteiger partial charge in [0.15, 0.2) is 0 Å². The molecule has 0 unspecified atom stereocenters. The molecule has 0 amide bonds. The van der Waals surface area contributed by atoms with E-state index in [2.05, 4.69) is 39.0 Å². The Morgan fingerprint density at radius 3 is 2.14 bits per heavy atom. The molecule has 2 saturated carbocycles. The highest BCUT2D eigenvalue weighted by Crippen LogP contribution is 2.44. The van der Waals surface area contributed by atoms with Crippen molar-refractivity contribution in [2.45, 2.75) is 116 Å². The van der Waals surface area contributed by atoms with E-state index in [1.54, 1.807) is 11.1 Å². The molecule has 0 bridgehead atoms. The maximum Gasteiger partial charge on any atom is 0.119 e. The van der Waals surface area contributed by atoms with E-state index in [0.717, 1.165) is 42.4 Å². The van der Waals surface area contributed by atoms with Gasteiger partial charge in [0.05, 0.1) is 6.61 Å². The summed E-state index contributed by atoms with van der Waals surface area (Å²) in [6.07, 6.45) is 18.0. The third-order valence-electron chi connectivity index (χ3n) is 7.49. The molecule has 2 aliphatic rings. The van der Waals surface area contributed by atoms with Crippen molar-refractivity contribution in [1.82, 2.24) is 0 Å². The van der Waals surface area contributed by atoms with Crippen LogP contribution in [0.3, 0.4) is 0 Å². The molecule has 0 atom stereocenters. The molecular weight excluding hydrogens is 340 g/mol. The number of hydrogen-bond acceptors (Lipinski definition) is 1. The highest BCUT2D eigenvalue weighted by Gasteiger charge is 2.28. The summed E-state index contributed by atoms with van der Waals surface area (Å²) in [5.74, 6) is 4.56. The molecule has 28 heavy (non-hydrogen) atoms. The van der Waals surface area contributed by atoms with Crippen molar-refractivity contribution in [3.63, 3.8) is 0 Å². The summed E-state index contributed by atoms with van der Waals surface area (Å²) in [6, 6.07) is 7.13. The molecule has 0 spiro atoms. The van der Waals surface area contributed by atoms with E-state index in [-0.39, 0.29) is 0 Å². The van der Waals surface area contributed by atoms with Crippen LogP contribution in [0.15, 0.2) is 18.2 Å². The molecule has 1 aromatic carbocycles. The van der Waals surface area contributed by atoms with E-state index in [1.165, 1.54) is 77.0 Å². The van der Waals surface area contributed by atoms with Gasteiger partial charge in [-0.25, -0.2) is 0 Å². The van der Waals surface area contributed by atoms with Gasteiger partial charge in [0.2, 0.25) is 0 Å². The minimum absolute atomic E-state index is 0.763. The summed E-state index contributed by atoms with van der Waals surface area (Å²) in [6.45, 7) is 7.77. The molecular formula is C27H44O. The predicted octanol–water partition coefficient (Wildman–Crippen LogP) is 8.62. The number of benzene rings is 1. The summed E-state index contributed by atoms with van der Waals surface area (Å²) in [5, 5.41) is 0. The zero-order valence-corrected chi connectivity index (χ0v) is 18.8. The Kier molecular flexibility index (Phi) is 8.74. The molecule has 0 N–H and O–H groups in total. The van der Waals surface area contributed by atoms with Crippen molar-refractivity contribution in [2.24, 2.45) is 11.8 Å². The van der Waals surface area contributed by atoms with Crippen LogP contribution in [-0.2, 0) is 0 Å². The molecule has 0 radical (unpaired) electrons. The van der Waals surface area contributed by atoms with Crippen LogP contribution in [-0.4, -0.2) is 6.61 Å². The second kappa shape index (κ2) is 11.3. The highest BCUT2D eigenvalue weighted by molar-refractivity contribution is 5.40. The number of hydrogen-bond donors (Lipinski definition) is 0. The summed E-state index contributed by atoms with van der Waals surface area (Å²) < 4.78 is 6.02. The Labute approximate surface area is 174 Å². The third-order valence-corrected chi connectivity index (χ3v) is 7.49. The lowest BCUT2D eigenvalue weighted by atomic mass is 9.72. The smallest absolute Gasteiger partial charge is 0.119 e. The van der Waals surface area contributed by atoms with Gasteiger partial charge in [0.25, 0.3) is 0 Å². The van der Waals surface area contributed by atoms with E-state index < -0.39 is 0 Å². The van der Waals surface area contributed by atoms with Crippen LogP contribution < -0.4 is 4.74 Å². The van der Waals surface area contributed by atoms with Crippen LogP contribution in [0.25, 0.3) is 0 Å². The lowest BCUT2D eigenvalue weighted by Gasteiger charge is -2.33. The molecule has 0 aliphatic heterocycles. The van der Waals surface area contributed by atoms with Gasteiger partial charge in [-0.3, -0.25) is 0 Å². The molecule has 2 aliphatic carbocycles. The number of ether oxygens (including phenoxy) is 1. The van der Waals surface area contributed by atoms with Crippen molar-refractivity contribution < 1.29 is 4.74 Å². The molecule has 0 heterocycles. The van der Waals surface area contributed by atoms with E-state index in [0.29, 0.717) is 0 Å². The van der Waals surface area contributed by atoms with Gasteiger partial charge in [0.1, 0.15) is 5.75 Å². The van der Waals surface area contributed by atoms with Crippen LogP contribution in [0.2, 0.25) is 0 Å². The summed E-state index contributed by atoms with van der Waals surface area (Å²) in [4.78, 5) is 0. The molecule has 3 rings (SSSR count). The molecule has 0 saturated heterocycles. The predicted molar refractivity (Wildman–Crippen MR) is 121 cm³/mol. The molecule has 2 fully saturated rings. The zero-order chi connectivity index (χ0) is 19.8. The van der Waals surface area contributed by atoms with Crippen molar-refractivity contribution >= 4 is 0 Å². The van der Waals surface area contributed by atoms with E-state index in [4.69, 9.17) is 4.74 Å². The summed E-state index contributed by atoms with van der Waals surface area (Å²) in [7, 11) is 0. The number of rotatable bonds is 9. The van der Waals surface area contributed by atoms with Crippen LogP contribution >= 0.6 is 0 Å². The average Bonchev–Trinajstić information content (AvgIpc) is 2.73. The minimum atomic E-state index is 0.763. The second-order valence-corrected chi connectivity index (χ2v) is 9.81. The normalized spacial score (nSPS) is 28.2. The van der Waals surface area contributed by atoms with Crippen LogP contribution in [0.5, 0.6) is 5.75 Å². The van der Waals surface area contributed by atoms with Gasteiger partial charge in [-0.05, 0) is 91.9 Å². The van der Waals surface area contributed by atoms with E-state index in [1.807, 2.05) is 0 Å². The summed E-state index contributed by atoms with van der Waals surface area (Å²) in [5.41, 5.74) is 3.32. The Balaban J connectivity index is 1.69. The van der Waals surface area contributed by atoms with Crippen molar-refractivity contribution in [2.75, 3.05) is 6.61 Å². The Morgan fingerprint density at radius 1 is 0.786 bits per heavy atom. The molecule has 1 aromatic rings. The second-order valence-electron chi connectivity index (χ2n) is 9.81. The Hall–Kier alpha value is -0.980. The van der Waals surface area contributed by atoms with E-state index >= 15 is 0 Å². The molecule has 158 valence electrons. The molecule has 1 nitrogen and oxygen atoms in total. The van der Waals surface area contributed by atoms with Crippen molar-refractivity contribution in [1.29, 1.82) is 0 Å². The first-order valence-corrected chi connectivity index (χ1v) is 12.5. The first kappa shape index (κ1) is 21.7. The minimum Gasteiger partial charge on any atom is -0.494 e. The lowest BCUT2D eigenvalue weighted by molar-refractivity contribution is 0.297. The fourth-order valence-electron chi connectivity index (χ4n) is 5.60. The third kappa shape index (κ3) is 6.01. The SMILES string of the molecule is CCCCCC1CCC(c2ccc(OCCC)cc2C2CCC(C)CC2)CC1. The maximum atomic E-state index is 6.02. The van der Waals surface area contributed by atoms with Crippen LogP contribution in [0, 0.1) is 11.8 Å². The van der Waals surface area contributed by atoms with Crippen molar-refractivity contribution in [3.8, 4) is 5.75 Å². The van der Waals surface area contributed by atoms with Gasteiger partial charge in [-0.1, -0.05) is 65.4 Å². The van der Waals surface area contributed by atoms with Crippen LogP contribution in [0.4, 0.5) is 0 Å². The van der Waals surface area contributed by atoms with Gasteiger partial charge in [-0.15, -0.1) is 0 Å². The topological polar surface area (TPSA) is 9.23 Å². The quantitative estimate of drug-likeness (QED) is 0.387. The molecule has 1 heteroatoms. The Morgan fingerprint density at radius 2 is 1.46 bits per heavy atom. The fourth-order valence-corrected chi connectivity index (χ4v) is 5.60. The van der Waals surface area contributed by atoms with Gasteiger partial charge >= 0.3 is 0 Å². The molecule has 0 aromatic heterocycles. The van der Waals surface area contributed by atoms with E-state index in [9.17, 15) is 0 Å². The highest BCUT2D eigenvalue weighted by atomic mass is 16.5. The number of unbranched alkanes of at least 4 members (excludes halogenated alkanes) is 2.